The fraction of sp³-hybridized carbons (Fsp3) is 0.500. The Hall–Kier alpha value is -1.35. The summed E-state index contributed by atoms with van der Waals surface area (Å²) in [6.45, 7) is 1.76. The van der Waals surface area contributed by atoms with Crippen molar-refractivity contribution in [2.24, 2.45) is 11.5 Å². The van der Waals surface area contributed by atoms with E-state index in [1.54, 1.807) is 0 Å². The molecule has 0 aromatic heterocycles. The highest BCUT2D eigenvalue weighted by molar-refractivity contribution is 7.89. The van der Waals surface area contributed by atoms with Gasteiger partial charge in [0.25, 0.3) is 5.91 Å². The number of primary amides is 1. The third kappa shape index (κ3) is 6.34. The summed E-state index contributed by atoms with van der Waals surface area (Å²) in [6, 6.07) is 3.72. The molecule has 1 unspecified atom stereocenters. The minimum absolute atomic E-state index is 0.00645. The first-order valence-corrected chi connectivity index (χ1v) is 9.09. The van der Waals surface area contributed by atoms with E-state index < -0.39 is 22.5 Å². The molecule has 0 saturated carbocycles. The van der Waals surface area contributed by atoms with E-state index in [4.69, 9.17) is 27.8 Å². The zero-order chi connectivity index (χ0) is 17.5. The average molecular weight is 364 g/mol. The van der Waals surface area contributed by atoms with Gasteiger partial charge in [0.15, 0.2) is 6.61 Å². The number of hydrogen-bond donors (Lipinski definition) is 3. The molecule has 23 heavy (non-hydrogen) atoms. The molecule has 1 atom stereocenters. The van der Waals surface area contributed by atoms with Crippen molar-refractivity contribution < 1.29 is 17.9 Å². The summed E-state index contributed by atoms with van der Waals surface area (Å²) >= 11 is 5.88. The normalized spacial score (nSPS) is 12.8. The average Bonchev–Trinajstić information content (AvgIpc) is 2.49. The molecular weight excluding hydrogens is 342 g/mol. The molecule has 0 saturated heterocycles. The Labute approximate surface area is 141 Å². The van der Waals surface area contributed by atoms with E-state index in [-0.39, 0.29) is 28.3 Å². The molecular formula is C14H22ClN3O4S. The van der Waals surface area contributed by atoms with Crippen molar-refractivity contribution in [2.75, 3.05) is 13.2 Å². The Balaban J connectivity index is 3.05. The van der Waals surface area contributed by atoms with Crippen molar-refractivity contribution in [2.45, 2.75) is 37.1 Å². The Bertz CT molecular complexity index is 637. The van der Waals surface area contributed by atoms with Crippen molar-refractivity contribution in [1.29, 1.82) is 0 Å². The summed E-state index contributed by atoms with van der Waals surface area (Å²) in [4.78, 5) is 10.7. The summed E-state index contributed by atoms with van der Waals surface area (Å²) in [7, 11) is -3.89. The molecule has 0 radical (unpaired) electrons. The summed E-state index contributed by atoms with van der Waals surface area (Å²) in [6.07, 6.45) is 2.41. The molecule has 0 fully saturated rings. The predicted molar refractivity (Wildman–Crippen MR) is 88.8 cm³/mol. The first-order valence-electron chi connectivity index (χ1n) is 7.23. The molecule has 1 aromatic rings. The second-order valence-electron chi connectivity index (χ2n) is 5.04. The van der Waals surface area contributed by atoms with E-state index >= 15 is 0 Å². The third-order valence-electron chi connectivity index (χ3n) is 3.08. The largest absolute Gasteiger partial charge is 0.482 e. The molecule has 0 spiro atoms. The topological polar surface area (TPSA) is 125 Å². The number of carbonyl (C=O) groups is 1. The Kier molecular flexibility index (Phi) is 7.77. The van der Waals surface area contributed by atoms with E-state index in [9.17, 15) is 13.2 Å². The first kappa shape index (κ1) is 19.7. The molecule has 0 bridgehead atoms. The van der Waals surface area contributed by atoms with Crippen molar-refractivity contribution in [3.8, 4) is 5.75 Å². The summed E-state index contributed by atoms with van der Waals surface area (Å²) < 4.78 is 32.8. The molecule has 9 heteroatoms. The van der Waals surface area contributed by atoms with Crippen molar-refractivity contribution >= 4 is 27.5 Å². The van der Waals surface area contributed by atoms with Crippen molar-refractivity contribution in [3.63, 3.8) is 0 Å². The van der Waals surface area contributed by atoms with Crippen LogP contribution in [0.2, 0.25) is 5.02 Å². The summed E-state index contributed by atoms with van der Waals surface area (Å²) in [5.41, 5.74) is 10.6. The quantitative estimate of drug-likeness (QED) is 0.572. The van der Waals surface area contributed by atoms with E-state index in [2.05, 4.69) is 4.72 Å². The van der Waals surface area contributed by atoms with Gasteiger partial charge in [0.2, 0.25) is 10.0 Å². The van der Waals surface area contributed by atoms with Gasteiger partial charge in [0.1, 0.15) is 10.6 Å². The summed E-state index contributed by atoms with van der Waals surface area (Å²) in [5, 5.41) is 0.231. The van der Waals surface area contributed by atoms with Gasteiger partial charge in [-0.15, -0.1) is 0 Å². The second-order valence-corrected chi connectivity index (χ2v) is 7.16. The van der Waals surface area contributed by atoms with Gasteiger partial charge in [-0.05, 0) is 24.6 Å². The lowest BCUT2D eigenvalue weighted by atomic mass is 10.1. The Morgan fingerprint density at radius 1 is 1.43 bits per heavy atom. The molecule has 1 aromatic carbocycles. The fourth-order valence-corrected chi connectivity index (χ4v) is 3.61. The highest BCUT2D eigenvalue weighted by Crippen LogP contribution is 2.27. The second kappa shape index (κ2) is 9.07. The Morgan fingerprint density at radius 2 is 2.13 bits per heavy atom. The molecule has 0 aliphatic heterocycles. The number of rotatable bonds is 10. The highest BCUT2D eigenvalue weighted by atomic mass is 35.5. The van der Waals surface area contributed by atoms with Crippen LogP contribution in [0, 0.1) is 0 Å². The SMILES string of the molecule is CCCCC(CN)NS(=O)(=O)c1cc(Cl)ccc1OCC(N)=O. The van der Waals surface area contributed by atoms with Gasteiger partial charge in [0, 0.05) is 17.6 Å². The number of nitrogens with one attached hydrogen (secondary N) is 1. The van der Waals surface area contributed by atoms with E-state index in [0.29, 0.717) is 6.42 Å². The number of carbonyl (C=O) groups excluding carboxylic acids is 1. The van der Waals surface area contributed by atoms with Crippen LogP contribution >= 0.6 is 11.6 Å². The smallest absolute Gasteiger partial charge is 0.255 e. The lowest BCUT2D eigenvalue weighted by Crippen LogP contribution is -2.40. The fourth-order valence-electron chi connectivity index (χ4n) is 1.92. The maximum absolute atomic E-state index is 12.6. The number of sulfonamides is 1. The van der Waals surface area contributed by atoms with Gasteiger partial charge in [-0.1, -0.05) is 31.4 Å². The van der Waals surface area contributed by atoms with Crippen LogP contribution in [0.5, 0.6) is 5.75 Å². The van der Waals surface area contributed by atoms with Crippen molar-refractivity contribution in [1.82, 2.24) is 4.72 Å². The number of unbranched alkanes of at least 4 members (excludes halogenated alkanes) is 1. The number of ether oxygens (including phenoxy) is 1. The van der Waals surface area contributed by atoms with Crippen LogP contribution in [-0.2, 0) is 14.8 Å². The van der Waals surface area contributed by atoms with Gasteiger partial charge >= 0.3 is 0 Å². The molecule has 1 amide bonds. The standard InChI is InChI=1S/C14H22ClN3O4S/c1-2-3-4-11(8-16)18-23(20,21)13-7-10(15)5-6-12(13)22-9-14(17)19/h5-7,11,18H,2-4,8-9,16H2,1H3,(H2,17,19). The number of benzene rings is 1. The number of halogens is 1. The lowest BCUT2D eigenvalue weighted by molar-refractivity contribution is -0.120. The number of nitrogens with two attached hydrogens (primary N) is 2. The van der Waals surface area contributed by atoms with E-state index in [1.807, 2.05) is 6.92 Å². The van der Waals surface area contributed by atoms with Gasteiger partial charge in [-0.25, -0.2) is 13.1 Å². The van der Waals surface area contributed by atoms with Crippen LogP contribution in [0.15, 0.2) is 23.1 Å². The molecule has 0 aliphatic rings. The first-order chi connectivity index (χ1) is 10.8. The zero-order valence-corrected chi connectivity index (χ0v) is 14.5. The van der Waals surface area contributed by atoms with Crippen molar-refractivity contribution in [3.05, 3.63) is 23.2 Å². The third-order valence-corrected chi connectivity index (χ3v) is 4.85. The minimum Gasteiger partial charge on any atom is -0.482 e. The summed E-state index contributed by atoms with van der Waals surface area (Å²) in [5.74, 6) is -0.703. The van der Waals surface area contributed by atoms with Crippen LogP contribution < -0.4 is 20.9 Å². The van der Waals surface area contributed by atoms with Crippen LogP contribution in [0.1, 0.15) is 26.2 Å². The Morgan fingerprint density at radius 3 is 2.70 bits per heavy atom. The molecule has 5 N–H and O–H groups in total. The lowest BCUT2D eigenvalue weighted by Gasteiger charge is -2.18. The van der Waals surface area contributed by atoms with Gasteiger partial charge in [-0.2, -0.15) is 0 Å². The number of amides is 1. The van der Waals surface area contributed by atoms with E-state index in [1.165, 1.54) is 18.2 Å². The van der Waals surface area contributed by atoms with Gasteiger partial charge in [-0.3, -0.25) is 4.79 Å². The van der Waals surface area contributed by atoms with Gasteiger partial charge < -0.3 is 16.2 Å². The maximum Gasteiger partial charge on any atom is 0.255 e. The monoisotopic (exact) mass is 363 g/mol. The van der Waals surface area contributed by atoms with Crippen LogP contribution in [0.25, 0.3) is 0 Å². The molecule has 1 rings (SSSR count). The predicted octanol–water partition coefficient (Wildman–Crippen LogP) is 1.000. The maximum atomic E-state index is 12.6. The molecule has 7 nitrogen and oxygen atoms in total. The van der Waals surface area contributed by atoms with Crippen LogP contribution in [0.3, 0.4) is 0 Å². The molecule has 0 aliphatic carbocycles. The molecule has 130 valence electrons. The zero-order valence-electron chi connectivity index (χ0n) is 12.9. The van der Waals surface area contributed by atoms with Crippen LogP contribution in [0.4, 0.5) is 0 Å². The minimum atomic E-state index is -3.89. The van der Waals surface area contributed by atoms with Crippen LogP contribution in [-0.4, -0.2) is 33.5 Å². The van der Waals surface area contributed by atoms with Gasteiger partial charge in [0.05, 0.1) is 0 Å². The van der Waals surface area contributed by atoms with E-state index in [0.717, 1.165) is 12.8 Å². The molecule has 0 heterocycles. The number of hydrogen-bond acceptors (Lipinski definition) is 5. The highest BCUT2D eigenvalue weighted by Gasteiger charge is 2.23.